The molecule has 4 rings (SSSR count). The Morgan fingerprint density at radius 3 is 3.04 bits per heavy atom. The number of carbonyl (C=O) groups is 1. The molecule has 7 heteroatoms. The first-order valence-corrected chi connectivity index (χ1v) is 10.2. The summed E-state index contributed by atoms with van der Waals surface area (Å²) in [6.45, 7) is 2.13. The zero-order chi connectivity index (χ0) is 17.9. The first kappa shape index (κ1) is 17.6. The van der Waals surface area contributed by atoms with Gasteiger partial charge in [-0.1, -0.05) is 0 Å². The Morgan fingerprint density at radius 2 is 2.23 bits per heavy atom. The SMILES string of the molecule is O=C(N[C@H]1CCN(Cc2cscn2)C[C@@H]1O)c1cnc2c(c1)CCCC2. The van der Waals surface area contributed by atoms with Gasteiger partial charge in [-0.05, 0) is 43.7 Å². The highest BCUT2D eigenvalue weighted by molar-refractivity contribution is 7.07. The van der Waals surface area contributed by atoms with Crippen LogP contribution < -0.4 is 5.32 Å². The number of aryl methyl sites for hydroxylation is 2. The Labute approximate surface area is 157 Å². The summed E-state index contributed by atoms with van der Waals surface area (Å²) in [5.74, 6) is -0.136. The summed E-state index contributed by atoms with van der Waals surface area (Å²) < 4.78 is 0. The summed E-state index contributed by atoms with van der Waals surface area (Å²) in [6, 6.07) is 1.76. The van der Waals surface area contributed by atoms with Crippen LogP contribution in [-0.2, 0) is 19.4 Å². The molecule has 1 amide bonds. The number of likely N-dealkylation sites (tertiary alicyclic amines) is 1. The molecule has 0 unspecified atom stereocenters. The Kier molecular flexibility index (Phi) is 5.28. The average Bonchev–Trinajstić information content (AvgIpc) is 3.16. The maximum atomic E-state index is 12.6. The van der Waals surface area contributed by atoms with Gasteiger partial charge in [0.25, 0.3) is 5.91 Å². The summed E-state index contributed by atoms with van der Waals surface area (Å²) in [5, 5.41) is 15.5. The lowest BCUT2D eigenvalue weighted by Gasteiger charge is -2.36. The first-order chi connectivity index (χ1) is 12.7. The van der Waals surface area contributed by atoms with E-state index in [-0.39, 0.29) is 11.9 Å². The smallest absolute Gasteiger partial charge is 0.253 e. The topological polar surface area (TPSA) is 78.4 Å². The molecule has 2 atom stereocenters. The number of nitrogens with zero attached hydrogens (tertiary/aromatic N) is 3. The number of amides is 1. The van der Waals surface area contributed by atoms with Gasteiger partial charge in [0.05, 0.1) is 28.9 Å². The number of pyridine rings is 1. The second kappa shape index (κ2) is 7.82. The number of aromatic nitrogens is 2. The van der Waals surface area contributed by atoms with Crippen LogP contribution in [0.15, 0.2) is 23.2 Å². The molecule has 3 heterocycles. The number of carbonyl (C=O) groups excluding carboxylic acids is 1. The Morgan fingerprint density at radius 1 is 1.35 bits per heavy atom. The molecule has 0 radical (unpaired) electrons. The quantitative estimate of drug-likeness (QED) is 0.855. The van der Waals surface area contributed by atoms with E-state index in [2.05, 4.69) is 20.2 Å². The van der Waals surface area contributed by atoms with Crippen molar-refractivity contribution in [1.29, 1.82) is 0 Å². The van der Waals surface area contributed by atoms with Gasteiger partial charge in [0, 0.05) is 36.9 Å². The normalized spacial score (nSPS) is 23.4. The molecule has 0 spiro atoms. The van der Waals surface area contributed by atoms with E-state index < -0.39 is 6.10 Å². The highest BCUT2D eigenvalue weighted by Gasteiger charge is 2.29. The largest absolute Gasteiger partial charge is 0.390 e. The molecule has 0 aromatic carbocycles. The van der Waals surface area contributed by atoms with E-state index >= 15 is 0 Å². The molecule has 0 saturated carbocycles. The molecule has 2 aliphatic rings. The molecule has 2 aromatic rings. The van der Waals surface area contributed by atoms with Gasteiger partial charge in [-0.15, -0.1) is 11.3 Å². The van der Waals surface area contributed by atoms with Crippen molar-refractivity contribution in [2.75, 3.05) is 13.1 Å². The number of aliphatic hydroxyl groups is 1. The van der Waals surface area contributed by atoms with Crippen LogP contribution in [0.4, 0.5) is 0 Å². The van der Waals surface area contributed by atoms with Crippen molar-refractivity contribution in [2.24, 2.45) is 0 Å². The van der Waals surface area contributed by atoms with Crippen LogP contribution in [0.2, 0.25) is 0 Å². The molecule has 1 aliphatic heterocycles. The maximum absolute atomic E-state index is 12.6. The van der Waals surface area contributed by atoms with Crippen LogP contribution in [0, 0.1) is 0 Å². The third kappa shape index (κ3) is 3.95. The Bertz CT molecular complexity index is 765. The molecule has 1 fully saturated rings. The van der Waals surface area contributed by atoms with Crippen LogP contribution in [0.1, 0.15) is 46.6 Å². The van der Waals surface area contributed by atoms with Crippen LogP contribution in [0.25, 0.3) is 0 Å². The summed E-state index contributed by atoms with van der Waals surface area (Å²) >= 11 is 1.58. The van der Waals surface area contributed by atoms with Crippen LogP contribution in [-0.4, -0.2) is 51.1 Å². The van der Waals surface area contributed by atoms with Crippen molar-refractivity contribution >= 4 is 17.2 Å². The van der Waals surface area contributed by atoms with Crippen molar-refractivity contribution in [2.45, 2.75) is 50.8 Å². The van der Waals surface area contributed by atoms with Gasteiger partial charge < -0.3 is 10.4 Å². The summed E-state index contributed by atoms with van der Waals surface area (Å²) in [6.07, 6.45) is 6.18. The van der Waals surface area contributed by atoms with Crippen molar-refractivity contribution in [1.82, 2.24) is 20.2 Å². The van der Waals surface area contributed by atoms with Gasteiger partial charge in [-0.3, -0.25) is 14.7 Å². The van der Waals surface area contributed by atoms with Gasteiger partial charge in [0.2, 0.25) is 0 Å². The number of fused-ring (bicyclic) bond motifs is 1. The number of hydrogen-bond donors (Lipinski definition) is 2. The molecule has 2 N–H and O–H groups in total. The van der Waals surface area contributed by atoms with E-state index in [0.29, 0.717) is 12.1 Å². The monoisotopic (exact) mass is 372 g/mol. The molecular formula is C19H24N4O2S. The predicted molar refractivity (Wildman–Crippen MR) is 100 cm³/mol. The number of β-amino-alcohol motifs (C(OH)–C–C–N with tert-alkyl or cyclic N) is 1. The van der Waals surface area contributed by atoms with E-state index in [9.17, 15) is 9.90 Å². The van der Waals surface area contributed by atoms with Crippen LogP contribution in [0.5, 0.6) is 0 Å². The average molecular weight is 372 g/mol. The number of piperidine rings is 1. The molecule has 1 saturated heterocycles. The van der Waals surface area contributed by atoms with Gasteiger partial charge >= 0.3 is 0 Å². The van der Waals surface area contributed by atoms with Crippen LogP contribution in [0.3, 0.4) is 0 Å². The summed E-state index contributed by atoms with van der Waals surface area (Å²) in [5.41, 5.74) is 5.78. The third-order valence-electron chi connectivity index (χ3n) is 5.28. The molecule has 6 nitrogen and oxygen atoms in total. The maximum Gasteiger partial charge on any atom is 0.253 e. The van der Waals surface area contributed by atoms with E-state index in [1.807, 2.05) is 17.0 Å². The van der Waals surface area contributed by atoms with Crippen molar-refractivity contribution in [3.8, 4) is 0 Å². The fraction of sp³-hybridized carbons (Fsp3) is 0.526. The Balaban J connectivity index is 1.34. The van der Waals surface area contributed by atoms with Crippen LogP contribution >= 0.6 is 11.3 Å². The highest BCUT2D eigenvalue weighted by Crippen LogP contribution is 2.20. The first-order valence-electron chi connectivity index (χ1n) is 9.25. The summed E-state index contributed by atoms with van der Waals surface area (Å²) in [7, 11) is 0. The molecule has 138 valence electrons. The number of hydrogen-bond acceptors (Lipinski definition) is 6. The van der Waals surface area contributed by atoms with Crippen molar-refractivity contribution in [3.05, 3.63) is 45.7 Å². The van der Waals surface area contributed by atoms with Crippen molar-refractivity contribution in [3.63, 3.8) is 0 Å². The minimum atomic E-state index is -0.572. The second-order valence-electron chi connectivity index (χ2n) is 7.19. The fourth-order valence-corrected chi connectivity index (χ4v) is 4.37. The number of rotatable bonds is 4. The molecule has 2 aromatic heterocycles. The van der Waals surface area contributed by atoms with Gasteiger partial charge in [0.15, 0.2) is 0 Å². The minimum absolute atomic E-state index is 0.136. The zero-order valence-electron chi connectivity index (χ0n) is 14.7. The Hall–Kier alpha value is -1.83. The van der Waals surface area contributed by atoms with E-state index in [0.717, 1.165) is 50.2 Å². The van der Waals surface area contributed by atoms with Gasteiger partial charge in [-0.25, -0.2) is 4.98 Å². The van der Waals surface area contributed by atoms with Crippen molar-refractivity contribution < 1.29 is 9.90 Å². The number of nitrogens with one attached hydrogen (secondary N) is 1. The molecule has 0 bridgehead atoms. The second-order valence-corrected chi connectivity index (χ2v) is 7.91. The fourth-order valence-electron chi connectivity index (χ4n) is 3.82. The lowest BCUT2D eigenvalue weighted by Crippen LogP contribution is -2.53. The zero-order valence-corrected chi connectivity index (χ0v) is 15.5. The van der Waals surface area contributed by atoms with Gasteiger partial charge in [0.1, 0.15) is 0 Å². The van der Waals surface area contributed by atoms with Gasteiger partial charge in [-0.2, -0.15) is 0 Å². The van der Waals surface area contributed by atoms with E-state index in [1.54, 1.807) is 17.5 Å². The highest BCUT2D eigenvalue weighted by atomic mass is 32.1. The number of aliphatic hydroxyl groups excluding tert-OH is 1. The molecule has 1 aliphatic carbocycles. The third-order valence-corrected chi connectivity index (χ3v) is 5.92. The lowest BCUT2D eigenvalue weighted by molar-refractivity contribution is 0.0346. The number of thiazole rings is 1. The lowest BCUT2D eigenvalue weighted by atomic mass is 9.95. The predicted octanol–water partition coefficient (Wildman–Crippen LogP) is 1.78. The minimum Gasteiger partial charge on any atom is -0.390 e. The standard InChI is InChI=1S/C19H24N4O2S/c24-18-10-23(9-15-11-26-12-21-15)6-5-17(18)22-19(25)14-7-13-3-1-2-4-16(13)20-8-14/h7-8,11-12,17-18,24H,1-6,9-10H2,(H,22,25)/t17-,18-/m0/s1. The van der Waals surface area contributed by atoms with E-state index in [1.165, 1.54) is 12.0 Å². The molecule has 26 heavy (non-hydrogen) atoms. The summed E-state index contributed by atoms with van der Waals surface area (Å²) in [4.78, 5) is 23.5. The van der Waals surface area contributed by atoms with E-state index in [4.69, 9.17) is 0 Å². The molecular weight excluding hydrogens is 348 g/mol.